The third-order valence-corrected chi connectivity index (χ3v) is 3.36. The van der Waals surface area contributed by atoms with Gasteiger partial charge in [-0.15, -0.1) is 0 Å². The Labute approximate surface area is 92.1 Å². The average molecular weight is 229 g/mol. The monoisotopic (exact) mass is 229 g/mol. The van der Waals surface area contributed by atoms with Crippen molar-refractivity contribution < 1.29 is 8.60 Å². The van der Waals surface area contributed by atoms with Gasteiger partial charge < -0.3 is 5.73 Å². The van der Waals surface area contributed by atoms with E-state index in [4.69, 9.17) is 5.73 Å². The van der Waals surface area contributed by atoms with Crippen LogP contribution in [0.2, 0.25) is 0 Å². The van der Waals surface area contributed by atoms with Gasteiger partial charge in [0.05, 0.1) is 0 Å². The number of hydrogen-bond donors (Lipinski definition) is 1. The maximum atomic E-state index is 12.8. The fourth-order valence-corrected chi connectivity index (χ4v) is 2.53. The van der Waals surface area contributed by atoms with Crippen LogP contribution in [0.4, 0.5) is 4.39 Å². The van der Waals surface area contributed by atoms with E-state index in [1.54, 1.807) is 12.1 Å². The highest BCUT2D eigenvalue weighted by atomic mass is 32.2. The smallest absolute Gasteiger partial charge is 0.123 e. The Balaban J connectivity index is 2.44. The molecule has 0 fully saturated rings. The average Bonchev–Trinajstić information content (AvgIpc) is 2.15. The minimum atomic E-state index is -0.947. The van der Waals surface area contributed by atoms with Gasteiger partial charge in [0.25, 0.3) is 0 Å². The molecule has 0 saturated heterocycles. The van der Waals surface area contributed by atoms with E-state index in [9.17, 15) is 8.60 Å². The number of hydrogen-bond acceptors (Lipinski definition) is 2. The molecule has 1 aromatic rings. The summed E-state index contributed by atoms with van der Waals surface area (Å²) in [6.07, 6.45) is 0.738. The second kappa shape index (κ2) is 5.98. The first-order valence-corrected chi connectivity index (χ1v) is 6.41. The van der Waals surface area contributed by atoms with E-state index >= 15 is 0 Å². The summed E-state index contributed by atoms with van der Waals surface area (Å²) in [5, 5.41) is 0. The van der Waals surface area contributed by atoms with Crippen LogP contribution in [-0.2, 0) is 16.6 Å². The summed E-state index contributed by atoms with van der Waals surface area (Å²) >= 11 is 0. The predicted octanol–water partition coefficient (Wildman–Crippen LogP) is 1.81. The van der Waals surface area contributed by atoms with Gasteiger partial charge in [0, 0.05) is 28.3 Å². The fraction of sp³-hybridized carbons (Fsp3) is 0.455. The quantitative estimate of drug-likeness (QED) is 0.836. The molecule has 2 N–H and O–H groups in total. The van der Waals surface area contributed by atoms with Gasteiger partial charge >= 0.3 is 0 Å². The van der Waals surface area contributed by atoms with Gasteiger partial charge in [-0.3, -0.25) is 4.21 Å². The van der Waals surface area contributed by atoms with Crippen molar-refractivity contribution in [2.45, 2.75) is 25.1 Å². The minimum absolute atomic E-state index is 0.0708. The van der Waals surface area contributed by atoms with E-state index in [2.05, 4.69) is 0 Å². The number of halogens is 1. The molecule has 0 radical (unpaired) electrons. The molecular weight excluding hydrogens is 213 g/mol. The highest BCUT2D eigenvalue weighted by Crippen LogP contribution is 2.07. The molecule has 0 aromatic heterocycles. The summed E-state index contributed by atoms with van der Waals surface area (Å²) in [5.74, 6) is 0.704. The molecule has 2 atom stereocenters. The molecule has 0 amide bonds. The van der Waals surface area contributed by atoms with Gasteiger partial charge in [-0.25, -0.2) is 4.39 Å². The topological polar surface area (TPSA) is 43.1 Å². The molecule has 0 aliphatic carbocycles. The van der Waals surface area contributed by atoms with E-state index in [0.717, 1.165) is 12.0 Å². The molecule has 15 heavy (non-hydrogen) atoms. The zero-order valence-electron chi connectivity index (χ0n) is 8.78. The summed E-state index contributed by atoms with van der Waals surface area (Å²) in [6, 6.07) is 6.29. The van der Waals surface area contributed by atoms with Crippen LogP contribution >= 0.6 is 0 Å². The standard InChI is InChI=1S/C11H16FNOS/c1-9(13)5-6-15(14)8-10-3-2-4-11(12)7-10/h2-4,7,9H,5-6,8,13H2,1H3. The molecule has 0 aliphatic heterocycles. The Morgan fingerprint density at radius 3 is 2.87 bits per heavy atom. The molecule has 4 heteroatoms. The summed E-state index contributed by atoms with van der Waals surface area (Å²) in [6.45, 7) is 1.89. The first-order chi connectivity index (χ1) is 7.08. The van der Waals surface area contributed by atoms with Crippen LogP contribution in [0.15, 0.2) is 24.3 Å². The van der Waals surface area contributed by atoms with Gasteiger partial charge in [-0.05, 0) is 31.0 Å². The lowest BCUT2D eigenvalue weighted by molar-refractivity contribution is 0.626. The lowest BCUT2D eigenvalue weighted by Gasteiger charge is -2.05. The van der Waals surface area contributed by atoms with E-state index in [1.165, 1.54) is 12.1 Å². The third kappa shape index (κ3) is 5.04. The molecule has 0 saturated carbocycles. The second-order valence-electron chi connectivity index (χ2n) is 3.68. The van der Waals surface area contributed by atoms with Crippen molar-refractivity contribution in [1.82, 2.24) is 0 Å². The van der Waals surface area contributed by atoms with E-state index in [-0.39, 0.29) is 11.9 Å². The molecule has 0 spiro atoms. The molecule has 0 bridgehead atoms. The van der Waals surface area contributed by atoms with Crippen molar-refractivity contribution >= 4 is 10.8 Å². The van der Waals surface area contributed by atoms with Gasteiger partial charge in [0.2, 0.25) is 0 Å². The molecule has 2 nitrogen and oxygen atoms in total. The molecule has 84 valence electrons. The Bertz CT molecular complexity index is 341. The fourth-order valence-electron chi connectivity index (χ4n) is 1.20. The summed E-state index contributed by atoms with van der Waals surface area (Å²) in [5.41, 5.74) is 6.34. The SMILES string of the molecule is CC(N)CCS(=O)Cc1cccc(F)c1. The molecule has 0 heterocycles. The van der Waals surface area contributed by atoms with Crippen LogP contribution in [0, 0.1) is 5.82 Å². The second-order valence-corrected chi connectivity index (χ2v) is 5.26. The largest absolute Gasteiger partial charge is 0.328 e. The van der Waals surface area contributed by atoms with Crippen molar-refractivity contribution in [2.75, 3.05) is 5.75 Å². The Hall–Kier alpha value is -0.740. The lowest BCUT2D eigenvalue weighted by atomic mass is 10.2. The van der Waals surface area contributed by atoms with Crippen LogP contribution in [0.3, 0.4) is 0 Å². The molecule has 1 rings (SSSR count). The van der Waals surface area contributed by atoms with Crippen LogP contribution in [-0.4, -0.2) is 16.0 Å². The minimum Gasteiger partial charge on any atom is -0.328 e. The van der Waals surface area contributed by atoms with Crippen molar-refractivity contribution in [2.24, 2.45) is 5.73 Å². The van der Waals surface area contributed by atoms with Crippen LogP contribution < -0.4 is 5.73 Å². The molecular formula is C11H16FNOS. The number of nitrogens with two attached hydrogens (primary N) is 1. The van der Waals surface area contributed by atoms with E-state index in [1.807, 2.05) is 6.92 Å². The highest BCUT2D eigenvalue weighted by molar-refractivity contribution is 7.84. The van der Waals surface area contributed by atoms with Crippen LogP contribution in [0.5, 0.6) is 0 Å². The Kier molecular flexibility index (Phi) is 4.91. The number of rotatable bonds is 5. The van der Waals surface area contributed by atoms with Crippen LogP contribution in [0.25, 0.3) is 0 Å². The van der Waals surface area contributed by atoms with Crippen molar-refractivity contribution in [3.63, 3.8) is 0 Å². The maximum Gasteiger partial charge on any atom is 0.123 e. The first-order valence-electron chi connectivity index (χ1n) is 4.93. The predicted molar refractivity (Wildman–Crippen MR) is 61.4 cm³/mol. The summed E-state index contributed by atoms with van der Waals surface area (Å²) < 4.78 is 24.4. The number of benzene rings is 1. The zero-order chi connectivity index (χ0) is 11.3. The normalized spacial score (nSPS) is 14.9. The summed E-state index contributed by atoms with van der Waals surface area (Å²) in [4.78, 5) is 0. The Morgan fingerprint density at radius 2 is 2.27 bits per heavy atom. The zero-order valence-corrected chi connectivity index (χ0v) is 9.60. The molecule has 1 aromatic carbocycles. The first kappa shape index (κ1) is 12.3. The van der Waals surface area contributed by atoms with E-state index < -0.39 is 10.8 Å². The van der Waals surface area contributed by atoms with E-state index in [0.29, 0.717) is 11.5 Å². The third-order valence-electron chi connectivity index (χ3n) is 2.02. The maximum absolute atomic E-state index is 12.8. The highest BCUT2D eigenvalue weighted by Gasteiger charge is 2.04. The van der Waals surface area contributed by atoms with Gasteiger partial charge in [-0.1, -0.05) is 12.1 Å². The van der Waals surface area contributed by atoms with Gasteiger partial charge in [0.15, 0.2) is 0 Å². The van der Waals surface area contributed by atoms with Crippen molar-refractivity contribution in [3.05, 3.63) is 35.6 Å². The Morgan fingerprint density at radius 1 is 1.53 bits per heavy atom. The molecule has 2 unspecified atom stereocenters. The summed E-state index contributed by atoms with van der Waals surface area (Å²) in [7, 11) is -0.947. The lowest BCUT2D eigenvalue weighted by Crippen LogP contribution is -2.18. The van der Waals surface area contributed by atoms with Crippen molar-refractivity contribution in [3.8, 4) is 0 Å². The van der Waals surface area contributed by atoms with Crippen molar-refractivity contribution in [1.29, 1.82) is 0 Å². The van der Waals surface area contributed by atoms with Gasteiger partial charge in [0.1, 0.15) is 5.82 Å². The van der Waals surface area contributed by atoms with Gasteiger partial charge in [-0.2, -0.15) is 0 Å². The van der Waals surface area contributed by atoms with Crippen LogP contribution in [0.1, 0.15) is 18.9 Å². The molecule has 0 aliphatic rings.